The molecule has 0 saturated carbocycles. The Kier molecular flexibility index (Phi) is 3.73. The number of hydrogen-bond acceptors (Lipinski definition) is 3. The minimum absolute atomic E-state index is 0.0755. The van der Waals surface area contributed by atoms with Crippen molar-refractivity contribution in [1.29, 1.82) is 0 Å². The van der Waals surface area contributed by atoms with Crippen LogP contribution in [0.5, 0.6) is 0 Å². The fraction of sp³-hybridized carbons (Fsp3) is 0.778. The van der Waals surface area contributed by atoms with Gasteiger partial charge in [0.1, 0.15) is 6.54 Å². The first-order chi connectivity index (χ1) is 6.22. The maximum Gasteiger partial charge on any atom is 0.323 e. The van der Waals surface area contributed by atoms with Crippen molar-refractivity contribution in [3.63, 3.8) is 0 Å². The molecule has 0 aromatic rings. The van der Waals surface area contributed by atoms with E-state index in [4.69, 9.17) is 5.11 Å². The number of nitrogens with zero attached hydrogens (tertiary/aromatic N) is 2. The van der Waals surface area contributed by atoms with Crippen LogP contribution < -0.4 is 0 Å². The number of aliphatic imine (C=N–C) groups is 1. The molecule has 0 bridgehead atoms. The van der Waals surface area contributed by atoms with Crippen LogP contribution in [0.1, 0.15) is 26.2 Å². The highest BCUT2D eigenvalue weighted by Gasteiger charge is 2.17. The van der Waals surface area contributed by atoms with Crippen LogP contribution >= 0.6 is 0 Å². The quantitative estimate of drug-likeness (QED) is 0.692. The maximum absolute atomic E-state index is 10.4. The molecule has 1 aliphatic rings. The van der Waals surface area contributed by atoms with E-state index in [9.17, 15) is 4.79 Å². The Bertz CT molecular complexity index is 204. The first kappa shape index (κ1) is 10.0. The van der Waals surface area contributed by atoms with Gasteiger partial charge in [0, 0.05) is 6.54 Å². The minimum Gasteiger partial charge on any atom is -0.480 e. The largest absolute Gasteiger partial charge is 0.480 e. The van der Waals surface area contributed by atoms with Gasteiger partial charge in [-0.25, -0.2) is 0 Å². The smallest absolute Gasteiger partial charge is 0.323 e. The van der Waals surface area contributed by atoms with Crippen LogP contribution in [0.2, 0.25) is 0 Å². The lowest BCUT2D eigenvalue weighted by Gasteiger charge is -2.12. The number of aliphatic carboxylic acids is 1. The summed E-state index contributed by atoms with van der Waals surface area (Å²) in [4.78, 5) is 16.4. The molecule has 1 N–H and O–H groups in total. The Morgan fingerprint density at radius 3 is 3.15 bits per heavy atom. The van der Waals surface area contributed by atoms with Crippen LogP contribution in [0, 0.1) is 0 Å². The Labute approximate surface area is 78.3 Å². The molecule has 13 heavy (non-hydrogen) atoms. The predicted octanol–water partition coefficient (Wildman–Crippen LogP) is 0.974. The average molecular weight is 184 g/mol. The summed E-state index contributed by atoms with van der Waals surface area (Å²) in [6, 6.07) is 0.319. The van der Waals surface area contributed by atoms with Crippen molar-refractivity contribution in [2.75, 3.05) is 13.1 Å². The summed E-state index contributed by atoms with van der Waals surface area (Å²) in [6.45, 7) is 2.99. The molecule has 1 heterocycles. The van der Waals surface area contributed by atoms with E-state index in [-0.39, 0.29) is 6.54 Å². The van der Waals surface area contributed by atoms with Crippen molar-refractivity contribution < 1.29 is 9.90 Å². The average Bonchev–Trinajstić information content (AvgIpc) is 2.48. The van der Waals surface area contributed by atoms with Crippen LogP contribution in [0.15, 0.2) is 4.99 Å². The zero-order valence-electron chi connectivity index (χ0n) is 7.94. The third-order valence-electron chi connectivity index (χ3n) is 2.12. The van der Waals surface area contributed by atoms with E-state index in [1.165, 1.54) is 12.8 Å². The van der Waals surface area contributed by atoms with E-state index >= 15 is 0 Å². The number of unbranched alkanes of at least 4 members (excludes halogenated alkanes) is 1. The highest BCUT2D eigenvalue weighted by Crippen LogP contribution is 2.10. The standard InChI is InChI=1S/C9H16N2O2/c1-2-3-4-8-5-11(7-10-8)6-9(12)13/h7-8H,2-6H2,1H3,(H,12,13). The third kappa shape index (κ3) is 3.44. The molecule has 0 aromatic heterocycles. The fourth-order valence-corrected chi connectivity index (χ4v) is 1.44. The number of carbonyl (C=O) groups is 1. The Hall–Kier alpha value is -1.06. The number of hydrogen-bond donors (Lipinski definition) is 1. The van der Waals surface area contributed by atoms with Crippen LogP contribution in [0.25, 0.3) is 0 Å². The van der Waals surface area contributed by atoms with Crippen LogP contribution in [-0.2, 0) is 4.79 Å². The molecule has 0 spiro atoms. The van der Waals surface area contributed by atoms with E-state index in [0.717, 1.165) is 13.0 Å². The predicted molar refractivity (Wildman–Crippen MR) is 51.0 cm³/mol. The molecule has 0 fully saturated rings. The Morgan fingerprint density at radius 1 is 1.77 bits per heavy atom. The molecule has 0 amide bonds. The van der Waals surface area contributed by atoms with E-state index in [2.05, 4.69) is 11.9 Å². The summed E-state index contributed by atoms with van der Waals surface area (Å²) in [6.07, 6.45) is 5.07. The zero-order valence-corrected chi connectivity index (χ0v) is 7.94. The van der Waals surface area contributed by atoms with Crippen molar-refractivity contribution in [2.24, 2.45) is 4.99 Å². The van der Waals surface area contributed by atoms with Crippen molar-refractivity contribution in [2.45, 2.75) is 32.2 Å². The highest BCUT2D eigenvalue weighted by atomic mass is 16.4. The van der Waals surface area contributed by atoms with Gasteiger partial charge in [-0.05, 0) is 6.42 Å². The van der Waals surface area contributed by atoms with Crippen molar-refractivity contribution in [3.05, 3.63) is 0 Å². The van der Waals surface area contributed by atoms with Gasteiger partial charge in [0.25, 0.3) is 0 Å². The third-order valence-corrected chi connectivity index (χ3v) is 2.12. The van der Waals surface area contributed by atoms with Gasteiger partial charge in [-0.15, -0.1) is 0 Å². The Morgan fingerprint density at radius 2 is 2.54 bits per heavy atom. The lowest BCUT2D eigenvalue weighted by Crippen LogP contribution is -2.29. The SMILES string of the molecule is CCCCC1CN(CC(=O)O)C=N1. The van der Waals surface area contributed by atoms with E-state index < -0.39 is 5.97 Å². The molecule has 74 valence electrons. The molecular formula is C9H16N2O2. The number of carboxylic acid groups (broad SMARTS) is 1. The van der Waals surface area contributed by atoms with Crippen LogP contribution in [0.4, 0.5) is 0 Å². The first-order valence-corrected chi connectivity index (χ1v) is 4.71. The number of rotatable bonds is 5. The van der Waals surface area contributed by atoms with Crippen LogP contribution in [0.3, 0.4) is 0 Å². The normalized spacial score (nSPS) is 21.0. The Balaban J connectivity index is 2.21. The first-order valence-electron chi connectivity index (χ1n) is 4.71. The molecule has 1 atom stereocenters. The van der Waals surface area contributed by atoms with Gasteiger partial charge in [0.2, 0.25) is 0 Å². The fourth-order valence-electron chi connectivity index (χ4n) is 1.44. The van der Waals surface area contributed by atoms with E-state index in [1.54, 1.807) is 11.2 Å². The molecule has 4 nitrogen and oxygen atoms in total. The summed E-state index contributed by atoms with van der Waals surface area (Å²) in [7, 11) is 0. The molecule has 1 aliphatic heterocycles. The zero-order chi connectivity index (χ0) is 9.68. The minimum atomic E-state index is -0.789. The van der Waals surface area contributed by atoms with Crippen molar-refractivity contribution in [1.82, 2.24) is 4.90 Å². The lowest BCUT2D eigenvalue weighted by molar-refractivity contribution is -0.137. The summed E-state index contributed by atoms with van der Waals surface area (Å²) >= 11 is 0. The molecule has 0 aliphatic carbocycles. The lowest BCUT2D eigenvalue weighted by atomic mass is 10.1. The summed E-state index contributed by atoms with van der Waals surface area (Å²) in [5.41, 5.74) is 0. The highest BCUT2D eigenvalue weighted by molar-refractivity contribution is 5.73. The molecule has 0 radical (unpaired) electrons. The van der Waals surface area contributed by atoms with Gasteiger partial charge >= 0.3 is 5.97 Å². The second-order valence-electron chi connectivity index (χ2n) is 3.38. The van der Waals surface area contributed by atoms with E-state index in [1.807, 2.05) is 0 Å². The molecule has 1 rings (SSSR count). The maximum atomic E-state index is 10.4. The summed E-state index contributed by atoms with van der Waals surface area (Å²) in [5, 5.41) is 8.53. The van der Waals surface area contributed by atoms with E-state index in [0.29, 0.717) is 6.04 Å². The second-order valence-corrected chi connectivity index (χ2v) is 3.38. The van der Waals surface area contributed by atoms with Gasteiger partial charge in [-0.3, -0.25) is 9.79 Å². The summed E-state index contributed by atoms with van der Waals surface area (Å²) < 4.78 is 0. The van der Waals surface area contributed by atoms with Crippen molar-refractivity contribution >= 4 is 12.3 Å². The van der Waals surface area contributed by atoms with Gasteiger partial charge in [0.15, 0.2) is 0 Å². The molecule has 4 heteroatoms. The summed E-state index contributed by atoms with van der Waals surface area (Å²) in [5.74, 6) is -0.789. The van der Waals surface area contributed by atoms with Crippen molar-refractivity contribution in [3.8, 4) is 0 Å². The van der Waals surface area contributed by atoms with Crippen LogP contribution in [-0.4, -0.2) is 41.4 Å². The molecule has 1 unspecified atom stereocenters. The van der Waals surface area contributed by atoms with Gasteiger partial charge in [0.05, 0.1) is 12.4 Å². The van der Waals surface area contributed by atoms with Gasteiger partial charge in [-0.1, -0.05) is 19.8 Å². The van der Waals surface area contributed by atoms with Gasteiger partial charge < -0.3 is 10.0 Å². The topological polar surface area (TPSA) is 52.9 Å². The second kappa shape index (κ2) is 4.84. The molecular weight excluding hydrogens is 168 g/mol. The molecule has 0 aromatic carbocycles. The van der Waals surface area contributed by atoms with Gasteiger partial charge in [-0.2, -0.15) is 0 Å². The molecule has 0 saturated heterocycles. The number of carboxylic acids is 1. The monoisotopic (exact) mass is 184 g/mol.